The fraction of sp³-hybridized carbons (Fsp3) is 0.304. The molecule has 0 aromatic heterocycles. The van der Waals surface area contributed by atoms with Crippen LogP contribution in [0.4, 0.5) is 10.1 Å². The van der Waals surface area contributed by atoms with E-state index in [4.69, 9.17) is 21.1 Å². The highest BCUT2D eigenvalue weighted by atomic mass is 35.5. The molecule has 0 saturated carbocycles. The second-order valence-electron chi connectivity index (χ2n) is 7.45. The Morgan fingerprint density at radius 1 is 1.06 bits per heavy atom. The van der Waals surface area contributed by atoms with Crippen molar-refractivity contribution in [3.8, 4) is 5.75 Å². The van der Waals surface area contributed by atoms with Gasteiger partial charge in [-0.05, 0) is 35.9 Å². The zero-order valence-corrected chi connectivity index (χ0v) is 18.3. The average molecular weight is 460 g/mol. The van der Waals surface area contributed by atoms with Crippen LogP contribution in [0.15, 0.2) is 48.2 Å². The van der Waals surface area contributed by atoms with Crippen molar-refractivity contribution >= 4 is 34.7 Å². The summed E-state index contributed by atoms with van der Waals surface area (Å²) in [5, 5.41) is 3.41. The summed E-state index contributed by atoms with van der Waals surface area (Å²) in [4.78, 5) is 29.9. The molecule has 9 heteroatoms. The first kappa shape index (κ1) is 22.3. The van der Waals surface area contributed by atoms with Crippen LogP contribution < -0.4 is 10.1 Å². The van der Waals surface area contributed by atoms with Crippen molar-refractivity contribution in [2.45, 2.75) is 0 Å². The Balaban J connectivity index is 1.63. The van der Waals surface area contributed by atoms with Crippen molar-refractivity contribution in [1.29, 1.82) is 0 Å². The van der Waals surface area contributed by atoms with Gasteiger partial charge in [-0.1, -0.05) is 23.7 Å². The average Bonchev–Trinajstić information content (AvgIpc) is 3.03. The van der Waals surface area contributed by atoms with Gasteiger partial charge in [-0.25, -0.2) is 4.39 Å². The molecule has 2 heterocycles. The maximum Gasteiger partial charge on any atom is 0.278 e. The minimum Gasteiger partial charge on any atom is -0.495 e. The molecule has 4 rings (SSSR count). The van der Waals surface area contributed by atoms with Crippen molar-refractivity contribution in [1.82, 2.24) is 9.80 Å². The van der Waals surface area contributed by atoms with Crippen LogP contribution in [0.5, 0.6) is 5.75 Å². The zero-order valence-electron chi connectivity index (χ0n) is 17.6. The van der Waals surface area contributed by atoms with Gasteiger partial charge in [0.05, 0.1) is 30.9 Å². The number of ether oxygens (including phenoxy) is 2. The number of nitrogens with zero attached hydrogens (tertiary/aromatic N) is 2. The van der Waals surface area contributed by atoms with E-state index in [9.17, 15) is 14.0 Å². The van der Waals surface area contributed by atoms with E-state index >= 15 is 0 Å². The zero-order chi connectivity index (χ0) is 22.7. The lowest BCUT2D eigenvalue weighted by atomic mass is 10.0. The first-order valence-electron chi connectivity index (χ1n) is 10.2. The molecule has 32 heavy (non-hydrogen) atoms. The van der Waals surface area contributed by atoms with E-state index < -0.39 is 17.6 Å². The van der Waals surface area contributed by atoms with E-state index in [-0.39, 0.29) is 17.8 Å². The van der Waals surface area contributed by atoms with E-state index in [0.29, 0.717) is 41.8 Å². The number of morpholine rings is 1. The number of rotatable bonds is 7. The summed E-state index contributed by atoms with van der Waals surface area (Å²) in [5.74, 6) is -0.788. The molecule has 0 unspecified atom stereocenters. The fourth-order valence-corrected chi connectivity index (χ4v) is 3.99. The summed E-state index contributed by atoms with van der Waals surface area (Å²) in [6.45, 7) is 3.57. The summed E-state index contributed by atoms with van der Waals surface area (Å²) in [5.41, 5.74) is 1.32. The number of carbonyl (C=O) groups excluding carboxylic acids is 2. The smallest absolute Gasteiger partial charge is 0.278 e. The van der Waals surface area contributed by atoms with Crippen molar-refractivity contribution in [3.63, 3.8) is 0 Å². The summed E-state index contributed by atoms with van der Waals surface area (Å²) in [7, 11) is 1.51. The van der Waals surface area contributed by atoms with Crippen LogP contribution in [0.2, 0.25) is 5.02 Å². The molecule has 0 radical (unpaired) electrons. The molecule has 7 nitrogen and oxygen atoms in total. The number of hydrogen-bond donors (Lipinski definition) is 1. The Kier molecular flexibility index (Phi) is 6.74. The summed E-state index contributed by atoms with van der Waals surface area (Å²) in [6, 6.07) is 10.5. The minimum atomic E-state index is -0.436. The Morgan fingerprint density at radius 2 is 1.78 bits per heavy atom. The lowest BCUT2D eigenvalue weighted by Crippen LogP contribution is -2.43. The third-order valence-electron chi connectivity index (χ3n) is 5.47. The van der Waals surface area contributed by atoms with E-state index in [1.807, 2.05) is 0 Å². The maximum absolute atomic E-state index is 13.5. The fourth-order valence-electron chi connectivity index (χ4n) is 3.73. The third-order valence-corrected chi connectivity index (χ3v) is 5.76. The quantitative estimate of drug-likeness (QED) is 0.642. The molecule has 2 aromatic rings. The highest BCUT2D eigenvalue weighted by Crippen LogP contribution is 2.33. The van der Waals surface area contributed by atoms with E-state index in [2.05, 4.69) is 10.2 Å². The Labute approximate surface area is 190 Å². The van der Waals surface area contributed by atoms with Gasteiger partial charge in [-0.15, -0.1) is 0 Å². The lowest BCUT2D eigenvalue weighted by Gasteiger charge is -2.28. The number of hydrogen-bond acceptors (Lipinski definition) is 6. The van der Waals surface area contributed by atoms with Crippen LogP contribution in [-0.2, 0) is 14.3 Å². The predicted molar refractivity (Wildman–Crippen MR) is 119 cm³/mol. The second-order valence-corrected chi connectivity index (χ2v) is 7.85. The number of methoxy groups -OCH3 is 1. The van der Waals surface area contributed by atoms with Gasteiger partial charge in [-0.3, -0.25) is 19.4 Å². The van der Waals surface area contributed by atoms with Gasteiger partial charge in [0, 0.05) is 31.9 Å². The lowest BCUT2D eigenvalue weighted by molar-refractivity contribution is -0.137. The molecular formula is C23H23ClFN3O4. The number of anilines is 1. The molecule has 2 aromatic carbocycles. The number of amides is 2. The highest BCUT2D eigenvalue weighted by Gasteiger charge is 2.39. The third kappa shape index (κ3) is 4.62. The molecule has 1 N–H and O–H groups in total. The molecule has 0 spiro atoms. The van der Waals surface area contributed by atoms with Gasteiger partial charge in [0.2, 0.25) is 0 Å². The molecule has 2 amide bonds. The van der Waals surface area contributed by atoms with Gasteiger partial charge in [0.25, 0.3) is 11.8 Å². The van der Waals surface area contributed by atoms with Crippen LogP contribution >= 0.6 is 11.6 Å². The standard InChI is InChI=1S/C23H23ClFN3O4/c1-31-19-7-6-17(14-18(19)24)26-21-20(15-2-4-16(25)5-3-15)22(29)28(23(21)30)9-8-27-10-12-32-13-11-27/h2-7,14,26H,8-13H2,1H3. The number of imide groups is 1. The normalized spacial score (nSPS) is 17.3. The molecule has 0 bridgehead atoms. The monoisotopic (exact) mass is 459 g/mol. The van der Waals surface area contributed by atoms with E-state index in [1.165, 1.54) is 36.3 Å². The molecule has 0 atom stereocenters. The Bertz CT molecular complexity index is 1050. The van der Waals surface area contributed by atoms with Crippen molar-refractivity contribution in [3.05, 3.63) is 64.6 Å². The topological polar surface area (TPSA) is 71.1 Å². The number of nitrogens with one attached hydrogen (secondary N) is 1. The minimum absolute atomic E-state index is 0.129. The van der Waals surface area contributed by atoms with E-state index in [1.54, 1.807) is 18.2 Å². The molecule has 1 fully saturated rings. The second kappa shape index (κ2) is 9.68. The summed E-state index contributed by atoms with van der Waals surface area (Å²) in [6.07, 6.45) is 0. The van der Waals surface area contributed by atoms with Crippen LogP contribution in [0.1, 0.15) is 5.56 Å². The first-order valence-corrected chi connectivity index (χ1v) is 10.6. The van der Waals surface area contributed by atoms with Crippen LogP contribution in [0.3, 0.4) is 0 Å². The molecule has 0 aliphatic carbocycles. The first-order chi connectivity index (χ1) is 15.5. The maximum atomic E-state index is 13.5. The molecule has 1 saturated heterocycles. The Morgan fingerprint density at radius 3 is 2.44 bits per heavy atom. The van der Waals surface area contributed by atoms with Crippen molar-refractivity contribution in [2.75, 3.05) is 51.8 Å². The molecule has 2 aliphatic rings. The molecule has 2 aliphatic heterocycles. The SMILES string of the molecule is COc1ccc(NC2=C(c3ccc(F)cc3)C(=O)N(CCN3CCOCC3)C2=O)cc1Cl. The van der Waals surface area contributed by atoms with Gasteiger partial charge < -0.3 is 14.8 Å². The largest absolute Gasteiger partial charge is 0.495 e. The number of benzene rings is 2. The van der Waals surface area contributed by atoms with Gasteiger partial charge >= 0.3 is 0 Å². The van der Waals surface area contributed by atoms with Crippen LogP contribution in [0, 0.1) is 5.82 Å². The summed E-state index contributed by atoms with van der Waals surface area (Å²) >= 11 is 6.21. The predicted octanol–water partition coefficient (Wildman–Crippen LogP) is 3.01. The number of carbonyl (C=O) groups is 2. The number of halogens is 2. The van der Waals surface area contributed by atoms with Crippen LogP contribution in [0.25, 0.3) is 5.57 Å². The van der Waals surface area contributed by atoms with Gasteiger partial charge in [0.15, 0.2) is 0 Å². The van der Waals surface area contributed by atoms with Crippen molar-refractivity contribution in [2.24, 2.45) is 0 Å². The van der Waals surface area contributed by atoms with Gasteiger partial charge in [-0.2, -0.15) is 0 Å². The molecule has 168 valence electrons. The molecular weight excluding hydrogens is 437 g/mol. The Hall–Kier alpha value is -2.94. The summed E-state index contributed by atoms with van der Waals surface area (Å²) < 4.78 is 24.0. The van der Waals surface area contributed by atoms with Crippen LogP contribution in [-0.4, -0.2) is 68.1 Å². The van der Waals surface area contributed by atoms with Gasteiger partial charge in [0.1, 0.15) is 17.3 Å². The van der Waals surface area contributed by atoms with E-state index in [0.717, 1.165) is 13.1 Å². The highest BCUT2D eigenvalue weighted by molar-refractivity contribution is 6.36. The van der Waals surface area contributed by atoms with Crippen molar-refractivity contribution < 1.29 is 23.5 Å².